The molecule has 2 aromatic carbocycles. The van der Waals surface area contributed by atoms with Crippen LogP contribution in [0.5, 0.6) is 0 Å². The summed E-state index contributed by atoms with van der Waals surface area (Å²) in [6.45, 7) is 4.32. The number of anilines is 1. The quantitative estimate of drug-likeness (QED) is 0.816. The summed E-state index contributed by atoms with van der Waals surface area (Å²) < 4.78 is 0. The largest absolute Gasteiger partial charge is 0.378 e. The second-order valence-corrected chi connectivity index (χ2v) is 5.25. The van der Waals surface area contributed by atoms with E-state index < -0.39 is 0 Å². The lowest BCUT2D eigenvalue weighted by atomic mass is 10.1. The van der Waals surface area contributed by atoms with Gasteiger partial charge in [0.25, 0.3) is 0 Å². The first-order valence-electron chi connectivity index (χ1n) is 6.65. The van der Waals surface area contributed by atoms with Gasteiger partial charge in [0.15, 0.2) is 0 Å². The van der Waals surface area contributed by atoms with Crippen molar-refractivity contribution in [3.8, 4) is 0 Å². The van der Waals surface area contributed by atoms with Crippen molar-refractivity contribution < 1.29 is 0 Å². The Hall–Kier alpha value is -1.76. The molecular weight excluding hydrogens is 218 g/mol. The first kappa shape index (κ1) is 11.3. The van der Waals surface area contributed by atoms with Gasteiger partial charge in [0.2, 0.25) is 0 Å². The first-order valence-corrected chi connectivity index (χ1v) is 6.65. The van der Waals surface area contributed by atoms with E-state index in [1.807, 2.05) is 0 Å². The van der Waals surface area contributed by atoms with E-state index in [1.54, 1.807) is 0 Å². The van der Waals surface area contributed by atoms with Crippen molar-refractivity contribution >= 4 is 5.69 Å². The summed E-state index contributed by atoms with van der Waals surface area (Å²) in [4.78, 5) is 0. The van der Waals surface area contributed by atoms with E-state index in [9.17, 15) is 0 Å². The molecular formula is C17H19N. The minimum absolute atomic E-state index is 0.475. The summed E-state index contributed by atoms with van der Waals surface area (Å²) in [6.07, 6.45) is 2.39. The fraction of sp³-hybridized carbons (Fsp3) is 0.294. The highest BCUT2D eigenvalue weighted by molar-refractivity contribution is 5.54. The van der Waals surface area contributed by atoms with Crippen LogP contribution in [-0.2, 0) is 6.42 Å². The summed E-state index contributed by atoms with van der Waals surface area (Å²) in [7, 11) is 0. The van der Waals surface area contributed by atoms with Crippen molar-refractivity contribution in [3.63, 3.8) is 0 Å². The highest BCUT2D eigenvalue weighted by Gasteiger charge is 2.21. The van der Waals surface area contributed by atoms with Crippen molar-refractivity contribution in [1.82, 2.24) is 0 Å². The van der Waals surface area contributed by atoms with Gasteiger partial charge in [0.05, 0.1) is 6.04 Å². The third kappa shape index (κ3) is 2.01. The van der Waals surface area contributed by atoms with E-state index in [-0.39, 0.29) is 0 Å². The SMILES string of the molecule is Cc1ccc(NC2CCc3ccccc32)c(C)c1. The van der Waals surface area contributed by atoms with Gasteiger partial charge >= 0.3 is 0 Å². The Labute approximate surface area is 109 Å². The fourth-order valence-electron chi connectivity index (χ4n) is 2.87. The van der Waals surface area contributed by atoms with Crippen LogP contribution in [0.4, 0.5) is 5.69 Å². The Kier molecular flexibility index (Phi) is 2.83. The Morgan fingerprint density at radius 2 is 1.89 bits per heavy atom. The maximum atomic E-state index is 3.69. The van der Waals surface area contributed by atoms with E-state index in [1.165, 1.54) is 40.8 Å². The first-order chi connectivity index (χ1) is 8.74. The van der Waals surface area contributed by atoms with E-state index in [2.05, 4.69) is 61.6 Å². The van der Waals surface area contributed by atoms with Crippen LogP contribution in [0.15, 0.2) is 42.5 Å². The monoisotopic (exact) mass is 237 g/mol. The lowest BCUT2D eigenvalue weighted by Crippen LogP contribution is -2.08. The molecule has 1 atom stereocenters. The highest BCUT2D eigenvalue weighted by atomic mass is 14.9. The molecule has 92 valence electrons. The minimum atomic E-state index is 0.475. The predicted molar refractivity (Wildman–Crippen MR) is 77.0 cm³/mol. The molecule has 0 bridgehead atoms. The fourth-order valence-corrected chi connectivity index (χ4v) is 2.87. The average molecular weight is 237 g/mol. The maximum Gasteiger partial charge on any atom is 0.0519 e. The van der Waals surface area contributed by atoms with E-state index in [4.69, 9.17) is 0 Å². The summed E-state index contributed by atoms with van der Waals surface area (Å²) in [5.74, 6) is 0. The van der Waals surface area contributed by atoms with Crippen LogP contribution < -0.4 is 5.32 Å². The van der Waals surface area contributed by atoms with Gasteiger partial charge in [-0.25, -0.2) is 0 Å². The Morgan fingerprint density at radius 3 is 2.72 bits per heavy atom. The van der Waals surface area contributed by atoms with Gasteiger partial charge in [-0.1, -0.05) is 42.0 Å². The lowest BCUT2D eigenvalue weighted by molar-refractivity contribution is 0.761. The number of rotatable bonds is 2. The standard InChI is InChI=1S/C17H19N/c1-12-7-9-16(13(2)11-12)18-17-10-8-14-5-3-4-6-15(14)17/h3-7,9,11,17-18H,8,10H2,1-2H3. The van der Waals surface area contributed by atoms with Crippen molar-refractivity contribution in [3.05, 3.63) is 64.7 Å². The molecule has 1 unspecified atom stereocenters. The highest BCUT2D eigenvalue weighted by Crippen LogP contribution is 2.34. The van der Waals surface area contributed by atoms with Crippen molar-refractivity contribution in [2.45, 2.75) is 32.7 Å². The molecule has 1 N–H and O–H groups in total. The number of hydrogen-bond acceptors (Lipinski definition) is 1. The van der Waals surface area contributed by atoms with E-state index in [0.29, 0.717) is 6.04 Å². The van der Waals surface area contributed by atoms with Crippen LogP contribution in [0, 0.1) is 13.8 Å². The lowest BCUT2D eigenvalue weighted by Gasteiger charge is -2.17. The molecule has 0 spiro atoms. The molecule has 1 heteroatoms. The smallest absolute Gasteiger partial charge is 0.0519 e. The minimum Gasteiger partial charge on any atom is -0.378 e. The van der Waals surface area contributed by atoms with Crippen LogP contribution in [0.1, 0.15) is 34.7 Å². The van der Waals surface area contributed by atoms with Crippen LogP contribution in [0.3, 0.4) is 0 Å². The molecule has 18 heavy (non-hydrogen) atoms. The molecule has 2 aromatic rings. The number of aryl methyl sites for hydroxylation is 3. The number of hydrogen-bond donors (Lipinski definition) is 1. The molecule has 1 aliphatic carbocycles. The van der Waals surface area contributed by atoms with Crippen LogP contribution in [0.2, 0.25) is 0 Å². The molecule has 0 aliphatic heterocycles. The Balaban J connectivity index is 1.86. The topological polar surface area (TPSA) is 12.0 Å². The zero-order valence-electron chi connectivity index (χ0n) is 11.0. The predicted octanol–water partition coefficient (Wildman–Crippen LogP) is 4.40. The summed E-state index contributed by atoms with van der Waals surface area (Å²) in [5, 5.41) is 3.69. The normalized spacial score (nSPS) is 17.6. The molecule has 0 aromatic heterocycles. The van der Waals surface area contributed by atoms with Gasteiger partial charge in [0, 0.05) is 5.69 Å². The van der Waals surface area contributed by atoms with Gasteiger partial charge in [-0.15, -0.1) is 0 Å². The van der Waals surface area contributed by atoms with Crippen molar-refractivity contribution in [2.75, 3.05) is 5.32 Å². The molecule has 0 amide bonds. The van der Waals surface area contributed by atoms with Crippen molar-refractivity contribution in [1.29, 1.82) is 0 Å². The van der Waals surface area contributed by atoms with Crippen LogP contribution in [0.25, 0.3) is 0 Å². The number of benzene rings is 2. The van der Waals surface area contributed by atoms with Gasteiger partial charge in [-0.05, 0) is 49.4 Å². The molecule has 0 radical (unpaired) electrons. The second kappa shape index (κ2) is 4.49. The molecule has 1 nitrogen and oxygen atoms in total. The number of nitrogens with one attached hydrogen (secondary N) is 1. The molecule has 0 saturated heterocycles. The van der Waals surface area contributed by atoms with E-state index >= 15 is 0 Å². The zero-order chi connectivity index (χ0) is 12.5. The average Bonchev–Trinajstić information content (AvgIpc) is 2.76. The maximum absolute atomic E-state index is 3.69. The van der Waals surface area contributed by atoms with Crippen LogP contribution >= 0.6 is 0 Å². The van der Waals surface area contributed by atoms with Crippen molar-refractivity contribution in [2.24, 2.45) is 0 Å². The third-order valence-electron chi connectivity index (χ3n) is 3.84. The summed E-state index contributed by atoms with van der Waals surface area (Å²) in [5.41, 5.74) is 6.89. The molecule has 0 fully saturated rings. The summed E-state index contributed by atoms with van der Waals surface area (Å²) >= 11 is 0. The summed E-state index contributed by atoms with van der Waals surface area (Å²) in [6, 6.07) is 15.9. The van der Waals surface area contributed by atoms with E-state index in [0.717, 1.165) is 0 Å². The van der Waals surface area contributed by atoms with Gasteiger partial charge in [0.1, 0.15) is 0 Å². The van der Waals surface area contributed by atoms with Gasteiger partial charge in [-0.2, -0.15) is 0 Å². The van der Waals surface area contributed by atoms with Gasteiger partial charge in [-0.3, -0.25) is 0 Å². The molecule has 3 rings (SSSR count). The Bertz CT molecular complexity index is 572. The van der Waals surface area contributed by atoms with Crippen LogP contribution in [-0.4, -0.2) is 0 Å². The molecule has 0 saturated carbocycles. The third-order valence-corrected chi connectivity index (χ3v) is 3.84. The second-order valence-electron chi connectivity index (χ2n) is 5.25. The van der Waals surface area contributed by atoms with Gasteiger partial charge < -0.3 is 5.32 Å². The molecule has 0 heterocycles. The Morgan fingerprint density at radius 1 is 1.06 bits per heavy atom. The zero-order valence-corrected chi connectivity index (χ0v) is 11.0. The number of fused-ring (bicyclic) bond motifs is 1. The molecule has 1 aliphatic rings.